The number of rotatable bonds is 5. The second-order valence-corrected chi connectivity index (χ2v) is 7.64. The van der Waals surface area contributed by atoms with E-state index in [1.807, 2.05) is 55.5 Å². The number of fused-ring (bicyclic) bond motifs is 2. The van der Waals surface area contributed by atoms with E-state index in [0.717, 1.165) is 29.8 Å². The molecule has 2 aliphatic heterocycles. The summed E-state index contributed by atoms with van der Waals surface area (Å²) in [6.45, 7) is 2.03. The van der Waals surface area contributed by atoms with Crippen LogP contribution in [0.5, 0.6) is 11.5 Å². The maximum Gasteiger partial charge on any atom is 0.224 e. The highest BCUT2D eigenvalue weighted by Crippen LogP contribution is 2.34. The molecule has 5 heteroatoms. The summed E-state index contributed by atoms with van der Waals surface area (Å²) in [5.41, 5.74) is 1.88. The van der Waals surface area contributed by atoms with Crippen LogP contribution in [0.25, 0.3) is 0 Å². The summed E-state index contributed by atoms with van der Waals surface area (Å²) in [5, 5.41) is 6.69. The van der Waals surface area contributed by atoms with Crippen molar-refractivity contribution in [2.24, 2.45) is 5.92 Å². The topological polar surface area (TPSA) is 50.4 Å². The SMILES string of the molecule is Cc1cccc(Oc2ccccc2NC(=O)CC2CC3CCC(C2)N3)c1.Cl. The fraction of sp³-hybridized carbons (Fsp3) is 0.409. The molecule has 4 rings (SSSR count). The van der Waals surface area contributed by atoms with Crippen LogP contribution in [0.2, 0.25) is 0 Å². The van der Waals surface area contributed by atoms with Gasteiger partial charge in [0.05, 0.1) is 5.69 Å². The molecule has 2 aromatic rings. The Morgan fingerprint density at radius 2 is 1.85 bits per heavy atom. The van der Waals surface area contributed by atoms with Gasteiger partial charge in [-0.3, -0.25) is 4.79 Å². The van der Waals surface area contributed by atoms with E-state index in [1.54, 1.807) is 0 Å². The highest BCUT2D eigenvalue weighted by Gasteiger charge is 2.34. The minimum atomic E-state index is 0. The molecule has 2 unspecified atom stereocenters. The Morgan fingerprint density at radius 1 is 1.11 bits per heavy atom. The van der Waals surface area contributed by atoms with Crippen molar-refractivity contribution in [3.63, 3.8) is 0 Å². The van der Waals surface area contributed by atoms with Crippen LogP contribution in [-0.2, 0) is 4.79 Å². The number of amides is 1. The molecule has 144 valence electrons. The maximum atomic E-state index is 12.6. The number of para-hydroxylation sites is 2. The summed E-state index contributed by atoms with van der Waals surface area (Å²) in [7, 11) is 0. The van der Waals surface area contributed by atoms with E-state index in [0.29, 0.717) is 30.2 Å². The molecule has 0 aromatic heterocycles. The van der Waals surface area contributed by atoms with Gasteiger partial charge >= 0.3 is 0 Å². The van der Waals surface area contributed by atoms with E-state index in [1.165, 1.54) is 12.8 Å². The molecular formula is C22H27ClN2O2. The lowest BCUT2D eigenvalue weighted by molar-refractivity contribution is -0.117. The van der Waals surface area contributed by atoms with Crippen LogP contribution in [0, 0.1) is 12.8 Å². The van der Waals surface area contributed by atoms with Gasteiger partial charge in [0, 0.05) is 18.5 Å². The molecule has 2 aliphatic rings. The quantitative estimate of drug-likeness (QED) is 0.754. The highest BCUT2D eigenvalue weighted by molar-refractivity contribution is 5.92. The number of carbonyl (C=O) groups excluding carboxylic acids is 1. The lowest BCUT2D eigenvalue weighted by atomic mass is 9.89. The Balaban J connectivity index is 0.00000210. The van der Waals surface area contributed by atoms with Crippen LogP contribution < -0.4 is 15.4 Å². The van der Waals surface area contributed by atoms with Crippen LogP contribution in [0.4, 0.5) is 5.69 Å². The van der Waals surface area contributed by atoms with Crippen molar-refractivity contribution >= 4 is 24.0 Å². The van der Waals surface area contributed by atoms with Gasteiger partial charge in [-0.15, -0.1) is 12.4 Å². The summed E-state index contributed by atoms with van der Waals surface area (Å²) in [6, 6.07) is 16.8. The van der Waals surface area contributed by atoms with Crippen LogP contribution >= 0.6 is 12.4 Å². The van der Waals surface area contributed by atoms with E-state index in [9.17, 15) is 4.79 Å². The Labute approximate surface area is 167 Å². The zero-order chi connectivity index (χ0) is 17.9. The Hall–Kier alpha value is -2.04. The number of hydrogen-bond acceptors (Lipinski definition) is 3. The van der Waals surface area contributed by atoms with Gasteiger partial charge in [-0.1, -0.05) is 24.3 Å². The molecule has 2 N–H and O–H groups in total. The molecule has 4 nitrogen and oxygen atoms in total. The normalized spacial score (nSPS) is 23.4. The number of hydrogen-bond donors (Lipinski definition) is 2. The fourth-order valence-electron chi connectivity index (χ4n) is 4.27. The smallest absolute Gasteiger partial charge is 0.224 e. The van der Waals surface area contributed by atoms with Gasteiger partial charge in [-0.25, -0.2) is 0 Å². The van der Waals surface area contributed by atoms with Crippen molar-refractivity contribution in [3.8, 4) is 11.5 Å². The first-order valence-electron chi connectivity index (χ1n) is 9.55. The summed E-state index contributed by atoms with van der Waals surface area (Å²) < 4.78 is 6.00. The lowest BCUT2D eigenvalue weighted by Gasteiger charge is -2.28. The molecule has 2 atom stereocenters. The molecule has 27 heavy (non-hydrogen) atoms. The van der Waals surface area contributed by atoms with Crippen LogP contribution in [-0.4, -0.2) is 18.0 Å². The van der Waals surface area contributed by atoms with Crippen molar-refractivity contribution in [1.82, 2.24) is 5.32 Å². The predicted octanol–water partition coefficient (Wildman–Crippen LogP) is 5.07. The van der Waals surface area contributed by atoms with Crippen molar-refractivity contribution in [2.75, 3.05) is 5.32 Å². The molecule has 0 saturated carbocycles. The monoisotopic (exact) mass is 386 g/mol. The minimum absolute atomic E-state index is 0. The second-order valence-electron chi connectivity index (χ2n) is 7.64. The molecule has 1 amide bonds. The van der Waals surface area contributed by atoms with Gasteiger partial charge in [0.15, 0.2) is 5.75 Å². The van der Waals surface area contributed by atoms with E-state index >= 15 is 0 Å². The van der Waals surface area contributed by atoms with Gasteiger partial charge < -0.3 is 15.4 Å². The van der Waals surface area contributed by atoms with E-state index in [4.69, 9.17) is 4.74 Å². The van der Waals surface area contributed by atoms with E-state index in [2.05, 4.69) is 10.6 Å². The average Bonchev–Trinajstić information content (AvgIpc) is 2.95. The number of aryl methyl sites for hydroxylation is 1. The molecule has 2 saturated heterocycles. The number of benzene rings is 2. The second kappa shape index (κ2) is 8.77. The summed E-state index contributed by atoms with van der Waals surface area (Å²) in [6.07, 6.45) is 5.34. The van der Waals surface area contributed by atoms with Gasteiger partial charge in [-0.05, 0) is 68.4 Å². The van der Waals surface area contributed by atoms with E-state index < -0.39 is 0 Å². The number of piperidine rings is 1. The summed E-state index contributed by atoms with van der Waals surface area (Å²) >= 11 is 0. The Bertz CT molecular complexity index is 783. The molecule has 2 bridgehead atoms. The highest BCUT2D eigenvalue weighted by atomic mass is 35.5. The summed E-state index contributed by atoms with van der Waals surface area (Å²) in [4.78, 5) is 12.6. The van der Waals surface area contributed by atoms with Gasteiger partial charge in [0.2, 0.25) is 5.91 Å². The number of nitrogens with one attached hydrogen (secondary N) is 2. The average molecular weight is 387 g/mol. The number of anilines is 1. The van der Waals surface area contributed by atoms with Crippen molar-refractivity contribution in [2.45, 2.75) is 51.1 Å². The number of carbonyl (C=O) groups is 1. The zero-order valence-corrected chi connectivity index (χ0v) is 16.4. The molecule has 0 radical (unpaired) electrons. The zero-order valence-electron chi connectivity index (χ0n) is 15.6. The largest absolute Gasteiger partial charge is 0.455 e. The van der Waals surface area contributed by atoms with Crippen LogP contribution in [0.3, 0.4) is 0 Å². The first-order valence-corrected chi connectivity index (χ1v) is 9.55. The third kappa shape index (κ3) is 5.02. The minimum Gasteiger partial charge on any atom is -0.455 e. The standard InChI is InChI=1S/C22H26N2O2.ClH/c1-15-5-4-6-19(11-15)26-21-8-3-2-7-20(21)24-22(25)14-16-12-17-9-10-18(13-16)23-17;/h2-8,11,16-18,23H,9-10,12-14H2,1H3,(H,24,25);1H. The Kier molecular flexibility index (Phi) is 6.40. The first-order chi connectivity index (χ1) is 12.7. The van der Waals surface area contributed by atoms with Gasteiger partial charge in [0.1, 0.15) is 5.75 Å². The van der Waals surface area contributed by atoms with Crippen molar-refractivity contribution < 1.29 is 9.53 Å². The van der Waals surface area contributed by atoms with Crippen LogP contribution in [0.1, 0.15) is 37.7 Å². The van der Waals surface area contributed by atoms with Crippen molar-refractivity contribution in [1.29, 1.82) is 0 Å². The fourth-order valence-corrected chi connectivity index (χ4v) is 4.27. The third-order valence-corrected chi connectivity index (χ3v) is 5.42. The first kappa shape index (κ1) is 19.7. The Morgan fingerprint density at radius 3 is 2.59 bits per heavy atom. The van der Waals surface area contributed by atoms with Gasteiger partial charge in [-0.2, -0.15) is 0 Å². The molecule has 2 aromatic carbocycles. The van der Waals surface area contributed by atoms with Crippen LogP contribution in [0.15, 0.2) is 48.5 Å². The molecule has 2 heterocycles. The van der Waals surface area contributed by atoms with Gasteiger partial charge in [0.25, 0.3) is 0 Å². The number of halogens is 1. The maximum absolute atomic E-state index is 12.6. The molecule has 0 spiro atoms. The van der Waals surface area contributed by atoms with E-state index in [-0.39, 0.29) is 18.3 Å². The molecular weight excluding hydrogens is 360 g/mol. The predicted molar refractivity (Wildman–Crippen MR) is 111 cm³/mol. The molecule has 0 aliphatic carbocycles. The molecule has 2 fully saturated rings. The number of ether oxygens (including phenoxy) is 1. The summed E-state index contributed by atoms with van der Waals surface area (Å²) in [5.74, 6) is 2.02. The van der Waals surface area contributed by atoms with Crippen molar-refractivity contribution in [3.05, 3.63) is 54.1 Å². The third-order valence-electron chi connectivity index (χ3n) is 5.42. The lowest BCUT2D eigenvalue weighted by Crippen LogP contribution is -2.39.